The zero-order chi connectivity index (χ0) is 14.8. The lowest BCUT2D eigenvalue weighted by Crippen LogP contribution is -2.55. The predicted molar refractivity (Wildman–Crippen MR) is 82.7 cm³/mol. The van der Waals surface area contributed by atoms with Crippen LogP contribution in [0.4, 0.5) is 0 Å². The van der Waals surface area contributed by atoms with E-state index in [1.165, 1.54) is 31.3 Å². The third kappa shape index (κ3) is 1.72. The van der Waals surface area contributed by atoms with Gasteiger partial charge in [0, 0.05) is 11.3 Å². The van der Waals surface area contributed by atoms with Crippen molar-refractivity contribution in [3.05, 3.63) is 11.6 Å². The summed E-state index contributed by atoms with van der Waals surface area (Å²) < 4.78 is 0. The number of hydrogen-bond donors (Lipinski definition) is 1. The van der Waals surface area contributed by atoms with Gasteiger partial charge in [0.05, 0.1) is 6.10 Å². The Balaban J connectivity index is 1.79. The molecule has 0 aromatic heterocycles. The minimum atomic E-state index is -0.246. The van der Waals surface area contributed by atoms with E-state index in [-0.39, 0.29) is 17.4 Å². The lowest BCUT2D eigenvalue weighted by atomic mass is 9.47. The fourth-order valence-electron chi connectivity index (χ4n) is 6.45. The van der Waals surface area contributed by atoms with Crippen LogP contribution in [0.5, 0.6) is 0 Å². The summed E-state index contributed by atoms with van der Waals surface area (Å²) in [4.78, 5) is 12.9. The van der Waals surface area contributed by atoms with Gasteiger partial charge < -0.3 is 5.11 Å². The van der Waals surface area contributed by atoms with Gasteiger partial charge in [0.25, 0.3) is 0 Å². The molecule has 3 saturated carbocycles. The topological polar surface area (TPSA) is 37.3 Å². The van der Waals surface area contributed by atoms with Crippen molar-refractivity contribution in [1.29, 1.82) is 0 Å². The number of aliphatic hydroxyl groups excluding tert-OH is 1. The molecule has 4 aliphatic carbocycles. The Morgan fingerprint density at radius 1 is 1.10 bits per heavy atom. The molecule has 2 nitrogen and oxygen atoms in total. The molecule has 0 heterocycles. The molecule has 3 fully saturated rings. The van der Waals surface area contributed by atoms with Gasteiger partial charge in [0.1, 0.15) is 0 Å². The molecule has 1 N–H and O–H groups in total. The van der Waals surface area contributed by atoms with Crippen molar-refractivity contribution in [1.82, 2.24) is 0 Å². The van der Waals surface area contributed by atoms with Crippen LogP contribution in [0.1, 0.15) is 65.2 Å². The Kier molecular flexibility index (Phi) is 2.96. The van der Waals surface area contributed by atoms with Crippen molar-refractivity contribution in [3.8, 4) is 0 Å². The molecule has 0 amide bonds. The molecule has 0 aromatic carbocycles. The molecule has 0 aliphatic heterocycles. The SMILES string of the molecule is C[C@@]12CCC[C@H]1C1C(=O)C=C3CCCC(O)[C@]3(C)[C@H]1CC2. The molecule has 4 aliphatic rings. The van der Waals surface area contributed by atoms with Crippen molar-refractivity contribution in [2.45, 2.75) is 71.3 Å². The van der Waals surface area contributed by atoms with Crippen molar-refractivity contribution in [2.75, 3.05) is 0 Å². The second-order valence-electron chi connectivity index (χ2n) is 8.59. The summed E-state index contributed by atoms with van der Waals surface area (Å²) in [7, 11) is 0. The number of aliphatic hydroxyl groups is 1. The Morgan fingerprint density at radius 2 is 1.90 bits per heavy atom. The van der Waals surface area contributed by atoms with E-state index in [1.54, 1.807) is 0 Å². The number of ketones is 1. The largest absolute Gasteiger partial charge is 0.392 e. The Labute approximate surface area is 128 Å². The molecule has 4 rings (SSSR count). The van der Waals surface area contributed by atoms with E-state index >= 15 is 0 Å². The Morgan fingerprint density at radius 3 is 2.71 bits per heavy atom. The Hall–Kier alpha value is -0.630. The first-order valence-electron chi connectivity index (χ1n) is 8.90. The number of carbonyl (C=O) groups is 1. The van der Waals surface area contributed by atoms with Crippen LogP contribution in [0, 0.1) is 28.6 Å². The minimum absolute atomic E-state index is 0.124. The van der Waals surface area contributed by atoms with Gasteiger partial charge in [-0.25, -0.2) is 0 Å². The van der Waals surface area contributed by atoms with Crippen LogP contribution >= 0.6 is 0 Å². The first-order chi connectivity index (χ1) is 9.97. The summed E-state index contributed by atoms with van der Waals surface area (Å²) >= 11 is 0. The highest BCUT2D eigenvalue weighted by Crippen LogP contribution is 2.63. The van der Waals surface area contributed by atoms with E-state index < -0.39 is 0 Å². The highest BCUT2D eigenvalue weighted by Gasteiger charge is 2.59. The van der Waals surface area contributed by atoms with Gasteiger partial charge >= 0.3 is 0 Å². The van der Waals surface area contributed by atoms with E-state index in [2.05, 4.69) is 13.8 Å². The summed E-state index contributed by atoms with van der Waals surface area (Å²) in [5, 5.41) is 10.7. The maximum atomic E-state index is 12.9. The average Bonchev–Trinajstić information content (AvgIpc) is 2.83. The monoisotopic (exact) mass is 288 g/mol. The van der Waals surface area contributed by atoms with E-state index in [4.69, 9.17) is 0 Å². The van der Waals surface area contributed by atoms with Gasteiger partial charge in [-0.2, -0.15) is 0 Å². The second kappa shape index (κ2) is 4.44. The molecule has 2 heteroatoms. The van der Waals surface area contributed by atoms with Gasteiger partial charge in [-0.05, 0) is 68.3 Å². The zero-order valence-electron chi connectivity index (χ0n) is 13.4. The fraction of sp³-hybridized carbons (Fsp3) is 0.842. The summed E-state index contributed by atoms with van der Waals surface area (Å²) in [5.41, 5.74) is 1.52. The number of allylic oxidation sites excluding steroid dienone is 1. The van der Waals surface area contributed by atoms with E-state index in [0.717, 1.165) is 25.7 Å². The van der Waals surface area contributed by atoms with Gasteiger partial charge in [-0.1, -0.05) is 25.8 Å². The lowest BCUT2D eigenvalue weighted by molar-refractivity contribution is -0.138. The van der Waals surface area contributed by atoms with Gasteiger partial charge in [-0.15, -0.1) is 0 Å². The molecule has 6 atom stereocenters. The van der Waals surface area contributed by atoms with Crippen LogP contribution in [-0.2, 0) is 4.79 Å². The van der Waals surface area contributed by atoms with Crippen LogP contribution in [-0.4, -0.2) is 17.0 Å². The zero-order valence-corrected chi connectivity index (χ0v) is 13.4. The summed E-state index contributed by atoms with van der Waals surface area (Å²) in [6.45, 7) is 4.66. The summed E-state index contributed by atoms with van der Waals surface area (Å²) in [6.07, 6.45) is 10.9. The van der Waals surface area contributed by atoms with Gasteiger partial charge in [0.2, 0.25) is 0 Å². The molecule has 0 bridgehead atoms. The number of fused-ring (bicyclic) bond motifs is 5. The highest BCUT2D eigenvalue weighted by molar-refractivity contribution is 5.94. The summed E-state index contributed by atoms with van der Waals surface area (Å²) in [5.74, 6) is 1.52. The fourth-order valence-corrected chi connectivity index (χ4v) is 6.45. The minimum Gasteiger partial charge on any atom is -0.392 e. The Bertz CT molecular complexity index is 508. The number of carbonyl (C=O) groups excluding carboxylic acids is 1. The first-order valence-corrected chi connectivity index (χ1v) is 8.90. The van der Waals surface area contributed by atoms with Gasteiger partial charge in [0.15, 0.2) is 5.78 Å². The molecule has 2 unspecified atom stereocenters. The maximum absolute atomic E-state index is 12.9. The third-order valence-corrected chi connectivity index (χ3v) is 7.77. The van der Waals surface area contributed by atoms with Crippen molar-refractivity contribution >= 4 is 5.78 Å². The van der Waals surface area contributed by atoms with E-state index in [1.807, 2.05) is 6.08 Å². The van der Waals surface area contributed by atoms with Crippen molar-refractivity contribution in [2.24, 2.45) is 28.6 Å². The lowest BCUT2D eigenvalue weighted by Gasteiger charge is -2.57. The quantitative estimate of drug-likeness (QED) is 0.734. The summed E-state index contributed by atoms with van der Waals surface area (Å²) in [6, 6.07) is 0. The molecule has 0 spiro atoms. The number of rotatable bonds is 0. The molecular formula is C19H28O2. The van der Waals surface area contributed by atoms with Crippen LogP contribution in [0.15, 0.2) is 11.6 Å². The van der Waals surface area contributed by atoms with Crippen LogP contribution < -0.4 is 0 Å². The second-order valence-corrected chi connectivity index (χ2v) is 8.59. The molecule has 0 radical (unpaired) electrons. The van der Waals surface area contributed by atoms with Crippen molar-refractivity contribution in [3.63, 3.8) is 0 Å². The predicted octanol–water partition coefficient (Wildman–Crippen LogP) is 3.88. The van der Waals surface area contributed by atoms with Gasteiger partial charge in [-0.3, -0.25) is 4.79 Å². The third-order valence-electron chi connectivity index (χ3n) is 7.77. The van der Waals surface area contributed by atoms with E-state index in [9.17, 15) is 9.90 Å². The molecule has 0 aromatic rings. The molecule has 21 heavy (non-hydrogen) atoms. The average molecular weight is 288 g/mol. The standard InChI is InChI=1S/C19H28O2/c1-18-9-4-6-13(18)17-14(8-10-18)19(2)12(11-15(17)20)5-3-7-16(19)21/h11,13-14,16-17,21H,3-10H2,1-2H3/t13-,14-,16?,17?,18-,19-/m0/s1. The van der Waals surface area contributed by atoms with Crippen LogP contribution in [0.25, 0.3) is 0 Å². The van der Waals surface area contributed by atoms with Crippen LogP contribution in [0.2, 0.25) is 0 Å². The smallest absolute Gasteiger partial charge is 0.159 e. The first kappa shape index (κ1) is 14.0. The number of hydrogen-bond acceptors (Lipinski definition) is 2. The molecular weight excluding hydrogens is 260 g/mol. The van der Waals surface area contributed by atoms with Crippen LogP contribution in [0.3, 0.4) is 0 Å². The molecule has 0 saturated heterocycles. The maximum Gasteiger partial charge on any atom is 0.159 e. The van der Waals surface area contributed by atoms with E-state index in [0.29, 0.717) is 23.0 Å². The highest BCUT2D eigenvalue weighted by atomic mass is 16.3. The molecule has 116 valence electrons. The normalized spacial score (nSPS) is 52.7. The van der Waals surface area contributed by atoms with Crippen molar-refractivity contribution < 1.29 is 9.90 Å².